The minimum Gasteiger partial charge on any atom is -0.377 e. The van der Waals surface area contributed by atoms with Crippen LogP contribution in [0.4, 0.5) is 0 Å². The zero-order valence-electron chi connectivity index (χ0n) is 13.1. The summed E-state index contributed by atoms with van der Waals surface area (Å²) in [6.45, 7) is 4.36. The second-order valence-electron chi connectivity index (χ2n) is 6.73. The molecule has 0 radical (unpaired) electrons. The number of aromatic nitrogens is 2. The largest absolute Gasteiger partial charge is 0.377 e. The molecule has 0 spiro atoms. The lowest BCUT2D eigenvalue weighted by molar-refractivity contribution is -0.0102. The van der Waals surface area contributed by atoms with Gasteiger partial charge in [0, 0.05) is 25.6 Å². The number of hydrogen-bond donors (Lipinski definition) is 1. The van der Waals surface area contributed by atoms with Gasteiger partial charge in [0.1, 0.15) is 5.82 Å². The van der Waals surface area contributed by atoms with Gasteiger partial charge in [-0.3, -0.25) is 0 Å². The lowest BCUT2D eigenvalue weighted by Gasteiger charge is -2.35. The highest BCUT2D eigenvalue weighted by Crippen LogP contribution is 2.27. The van der Waals surface area contributed by atoms with Crippen LogP contribution >= 0.6 is 0 Å². The van der Waals surface area contributed by atoms with Gasteiger partial charge in [0.25, 0.3) is 0 Å². The molecule has 2 atom stereocenters. The number of likely N-dealkylation sites (tertiary alicyclic amines) is 1. The highest BCUT2D eigenvalue weighted by Gasteiger charge is 2.26. The van der Waals surface area contributed by atoms with Gasteiger partial charge in [-0.2, -0.15) is 0 Å². The number of imidazole rings is 1. The lowest BCUT2D eigenvalue weighted by Crippen LogP contribution is -2.41. The van der Waals surface area contributed by atoms with Crippen LogP contribution in [0.5, 0.6) is 0 Å². The maximum Gasteiger partial charge on any atom is 0.111 e. The molecule has 3 heterocycles. The molecule has 2 aromatic rings. The summed E-state index contributed by atoms with van der Waals surface area (Å²) in [6.07, 6.45) is 6.73. The summed E-state index contributed by atoms with van der Waals surface area (Å²) in [7, 11) is 0. The number of benzene rings is 1. The maximum absolute atomic E-state index is 5.90. The molecule has 2 aliphatic heterocycles. The molecule has 2 saturated heterocycles. The number of H-pyrrole nitrogens is 1. The molecule has 0 saturated carbocycles. The van der Waals surface area contributed by atoms with Gasteiger partial charge < -0.3 is 14.6 Å². The number of aromatic amines is 1. The Hall–Kier alpha value is -1.39. The predicted octanol–water partition coefficient (Wildman–Crippen LogP) is 3.31. The molecule has 1 aromatic carbocycles. The van der Waals surface area contributed by atoms with Gasteiger partial charge in [-0.25, -0.2) is 4.98 Å². The molecule has 2 unspecified atom stereocenters. The highest BCUT2D eigenvalue weighted by atomic mass is 16.5. The van der Waals surface area contributed by atoms with Crippen LogP contribution in [0.25, 0.3) is 11.0 Å². The van der Waals surface area contributed by atoms with E-state index in [0.29, 0.717) is 12.0 Å². The van der Waals surface area contributed by atoms with Crippen molar-refractivity contribution in [1.82, 2.24) is 14.9 Å². The molecule has 0 aliphatic carbocycles. The second-order valence-corrected chi connectivity index (χ2v) is 6.73. The van der Waals surface area contributed by atoms with Crippen LogP contribution in [0.15, 0.2) is 24.3 Å². The van der Waals surface area contributed by atoms with Gasteiger partial charge in [-0.1, -0.05) is 12.1 Å². The number of nitrogens with zero attached hydrogens (tertiary/aromatic N) is 2. The summed E-state index contributed by atoms with van der Waals surface area (Å²) in [5.41, 5.74) is 2.25. The van der Waals surface area contributed by atoms with E-state index in [-0.39, 0.29) is 0 Å². The number of fused-ring (bicyclic) bond motifs is 1. The number of nitrogens with one attached hydrogen (secondary N) is 1. The zero-order chi connectivity index (χ0) is 14.8. The van der Waals surface area contributed by atoms with Gasteiger partial charge in [-0.05, 0) is 50.8 Å². The average Bonchev–Trinajstić information content (AvgIpc) is 3.00. The molecule has 2 aliphatic rings. The third-order valence-corrected chi connectivity index (χ3v) is 5.04. The third-order valence-electron chi connectivity index (χ3n) is 5.04. The van der Waals surface area contributed by atoms with Gasteiger partial charge in [0.15, 0.2) is 0 Å². The smallest absolute Gasteiger partial charge is 0.111 e. The Morgan fingerprint density at radius 2 is 2.14 bits per heavy atom. The van der Waals surface area contributed by atoms with Gasteiger partial charge in [0.05, 0.1) is 17.1 Å². The molecule has 22 heavy (non-hydrogen) atoms. The topological polar surface area (TPSA) is 41.2 Å². The first-order valence-corrected chi connectivity index (χ1v) is 8.67. The van der Waals surface area contributed by atoms with Crippen LogP contribution in [0, 0.1) is 0 Å². The molecule has 4 heteroatoms. The van der Waals surface area contributed by atoms with E-state index < -0.39 is 0 Å². The first kappa shape index (κ1) is 14.2. The van der Waals surface area contributed by atoms with E-state index in [1.54, 1.807) is 0 Å². The van der Waals surface area contributed by atoms with E-state index >= 15 is 0 Å². The van der Waals surface area contributed by atoms with Crippen molar-refractivity contribution >= 4 is 11.0 Å². The molecule has 4 nitrogen and oxygen atoms in total. The zero-order valence-corrected chi connectivity index (χ0v) is 13.1. The van der Waals surface area contributed by atoms with Crippen molar-refractivity contribution < 1.29 is 4.74 Å². The van der Waals surface area contributed by atoms with Gasteiger partial charge >= 0.3 is 0 Å². The van der Waals surface area contributed by atoms with Crippen LogP contribution in [-0.4, -0.2) is 47.2 Å². The summed E-state index contributed by atoms with van der Waals surface area (Å²) in [5, 5.41) is 0. The molecule has 2 fully saturated rings. The molecule has 0 amide bonds. The molecular formula is C18H25N3O. The Labute approximate surface area is 131 Å². The molecule has 0 bridgehead atoms. The Kier molecular flexibility index (Phi) is 4.13. The van der Waals surface area contributed by atoms with Crippen molar-refractivity contribution in [2.75, 3.05) is 26.2 Å². The fourth-order valence-electron chi connectivity index (χ4n) is 3.85. The van der Waals surface area contributed by atoms with Gasteiger partial charge in [0.2, 0.25) is 0 Å². The molecule has 1 N–H and O–H groups in total. The lowest BCUT2D eigenvalue weighted by atomic mass is 9.96. The van der Waals surface area contributed by atoms with Crippen LogP contribution in [0.1, 0.15) is 43.8 Å². The van der Waals surface area contributed by atoms with E-state index in [2.05, 4.69) is 34.1 Å². The third kappa shape index (κ3) is 3.03. The SMILES string of the molecule is c1ccc2[nH]c(C3CCCN(CC4CCCCO4)C3)nc2c1. The summed E-state index contributed by atoms with van der Waals surface area (Å²) in [5.74, 6) is 1.69. The van der Waals surface area contributed by atoms with Crippen LogP contribution in [0.3, 0.4) is 0 Å². The number of para-hydroxylation sites is 2. The maximum atomic E-state index is 5.90. The van der Waals surface area contributed by atoms with Crippen molar-refractivity contribution in [2.24, 2.45) is 0 Å². The Bertz CT molecular complexity index is 585. The molecular weight excluding hydrogens is 274 g/mol. The Balaban J connectivity index is 1.43. The van der Waals surface area contributed by atoms with Crippen molar-refractivity contribution in [3.8, 4) is 0 Å². The van der Waals surface area contributed by atoms with E-state index in [1.165, 1.54) is 38.6 Å². The standard InChI is InChI=1S/C18H25N3O/c1-2-9-17-16(8-1)19-18(20-17)14-6-5-10-21(12-14)13-15-7-3-4-11-22-15/h1-2,8-9,14-15H,3-7,10-13H2,(H,19,20). The number of hydrogen-bond acceptors (Lipinski definition) is 3. The molecule has 4 rings (SSSR count). The van der Waals surface area contributed by atoms with Gasteiger partial charge in [-0.15, -0.1) is 0 Å². The highest BCUT2D eigenvalue weighted by molar-refractivity contribution is 5.74. The predicted molar refractivity (Wildman–Crippen MR) is 88.1 cm³/mol. The first-order valence-electron chi connectivity index (χ1n) is 8.67. The first-order chi connectivity index (χ1) is 10.9. The van der Waals surface area contributed by atoms with Crippen molar-refractivity contribution in [3.05, 3.63) is 30.1 Å². The number of piperidine rings is 1. The summed E-state index contributed by atoms with van der Waals surface area (Å²) >= 11 is 0. The van der Waals surface area contributed by atoms with E-state index in [9.17, 15) is 0 Å². The summed E-state index contributed by atoms with van der Waals surface area (Å²) < 4.78 is 5.90. The van der Waals surface area contributed by atoms with E-state index in [1.807, 2.05) is 0 Å². The normalized spacial score (nSPS) is 27.3. The fourth-order valence-corrected chi connectivity index (χ4v) is 3.85. The van der Waals surface area contributed by atoms with E-state index in [0.717, 1.165) is 36.6 Å². The molecule has 1 aromatic heterocycles. The quantitative estimate of drug-likeness (QED) is 0.945. The minimum absolute atomic E-state index is 0.447. The second kappa shape index (κ2) is 6.39. The van der Waals surface area contributed by atoms with Crippen molar-refractivity contribution in [2.45, 2.75) is 44.1 Å². The van der Waals surface area contributed by atoms with Crippen LogP contribution in [-0.2, 0) is 4.74 Å². The Morgan fingerprint density at radius 3 is 3.00 bits per heavy atom. The summed E-state index contributed by atoms with van der Waals surface area (Å²) in [6, 6.07) is 8.33. The monoisotopic (exact) mass is 299 g/mol. The number of rotatable bonds is 3. The van der Waals surface area contributed by atoms with Crippen molar-refractivity contribution in [1.29, 1.82) is 0 Å². The van der Waals surface area contributed by atoms with Crippen LogP contribution < -0.4 is 0 Å². The molecule has 118 valence electrons. The van der Waals surface area contributed by atoms with E-state index in [4.69, 9.17) is 9.72 Å². The summed E-state index contributed by atoms with van der Waals surface area (Å²) in [4.78, 5) is 10.9. The average molecular weight is 299 g/mol. The number of ether oxygens (including phenoxy) is 1. The van der Waals surface area contributed by atoms with Crippen LogP contribution in [0.2, 0.25) is 0 Å². The Morgan fingerprint density at radius 1 is 1.18 bits per heavy atom. The fraction of sp³-hybridized carbons (Fsp3) is 0.611. The minimum atomic E-state index is 0.447. The van der Waals surface area contributed by atoms with Crippen molar-refractivity contribution in [3.63, 3.8) is 0 Å².